The summed E-state index contributed by atoms with van der Waals surface area (Å²) >= 11 is 0. The molecule has 8 heteroatoms. The molecule has 1 aromatic heterocycles. The SMILES string of the molecule is Cc1ccc(C(=O)NCCNC(=O)C2=NC(=O)C3C=CC=CC3=N2)cn1. The van der Waals surface area contributed by atoms with Crippen molar-refractivity contribution in [3.8, 4) is 0 Å². The van der Waals surface area contributed by atoms with Crippen molar-refractivity contribution in [3.05, 3.63) is 53.9 Å². The number of amidine groups is 1. The lowest BCUT2D eigenvalue weighted by molar-refractivity contribution is -0.119. The average molecular weight is 351 g/mol. The molecule has 0 spiro atoms. The largest absolute Gasteiger partial charge is 0.350 e. The summed E-state index contributed by atoms with van der Waals surface area (Å²) < 4.78 is 0. The molecular weight excluding hydrogens is 334 g/mol. The monoisotopic (exact) mass is 351 g/mol. The number of carbonyl (C=O) groups is 3. The normalized spacial score (nSPS) is 17.9. The first-order chi connectivity index (χ1) is 12.5. The molecule has 8 nitrogen and oxygen atoms in total. The zero-order valence-corrected chi connectivity index (χ0v) is 14.1. The summed E-state index contributed by atoms with van der Waals surface area (Å²) in [5.41, 5.74) is 1.76. The Kier molecular flexibility index (Phi) is 5.12. The smallest absolute Gasteiger partial charge is 0.289 e. The van der Waals surface area contributed by atoms with Crippen molar-refractivity contribution in [2.24, 2.45) is 15.9 Å². The summed E-state index contributed by atoms with van der Waals surface area (Å²) in [6.07, 6.45) is 8.35. The predicted octanol–water partition coefficient (Wildman–Crippen LogP) is 0.358. The van der Waals surface area contributed by atoms with E-state index < -0.39 is 17.7 Å². The first-order valence-corrected chi connectivity index (χ1v) is 8.09. The van der Waals surface area contributed by atoms with Gasteiger partial charge in [-0.1, -0.05) is 18.2 Å². The Morgan fingerprint density at radius 2 is 1.85 bits per heavy atom. The number of nitrogens with zero attached hydrogens (tertiary/aromatic N) is 3. The van der Waals surface area contributed by atoms with Gasteiger partial charge in [0.25, 0.3) is 17.7 Å². The molecule has 0 saturated carbocycles. The summed E-state index contributed by atoms with van der Waals surface area (Å²) in [7, 11) is 0. The zero-order chi connectivity index (χ0) is 18.5. The molecule has 0 saturated heterocycles. The van der Waals surface area contributed by atoms with E-state index in [1.165, 1.54) is 6.20 Å². The number of hydrogen-bond donors (Lipinski definition) is 2. The van der Waals surface area contributed by atoms with Crippen LogP contribution in [0.2, 0.25) is 0 Å². The number of hydrogen-bond acceptors (Lipinski definition) is 5. The summed E-state index contributed by atoms with van der Waals surface area (Å²) in [5.74, 6) is -1.94. The molecular formula is C18H17N5O3. The van der Waals surface area contributed by atoms with Gasteiger partial charge >= 0.3 is 0 Å². The van der Waals surface area contributed by atoms with Gasteiger partial charge in [0.2, 0.25) is 5.84 Å². The van der Waals surface area contributed by atoms with Crippen molar-refractivity contribution in [2.45, 2.75) is 6.92 Å². The molecule has 3 rings (SSSR count). The lowest BCUT2D eigenvalue weighted by Crippen LogP contribution is -2.39. The minimum atomic E-state index is -0.557. The second-order valence-corrected chi connectivity index (χ2v) is 5.73. The van der Waals surface area contributed by atoms with Crippen LogP contribution in [0.15, 0.2) is 52.6 Å². The lowest BCUT2D eigenvalue weighted by Gasteiger charge is -2.17. The first-order valence-electron chi connectivity index (χ1n) is 8.09. The lowest BCUT2D eigenvalue weighted by atomic mass is 9.96. The van der Waals surface area contributed by atoms with Gasteiger partial charge in [-0.15, -0.1) is 0 Å². The predicted molar refractivity (Wildman–Crippen MR) is 96.0 cm³/mol. The molecule has 1 aliphatic carbocycles. The van der Waals surface area contributed by atoms with Crippen LogP contribution in [0.1, 0.15) is 16.1 Å². The van der Waals surface area contributed by atoms with Gasteiger partial charge in [0.1, 0.15) is 5.92 Å². The molecule has 0 aromatic carbocycles. The van der Waals surface area contributed by atoms with Crippen molar-refractivity contribution in [1.82, 2.24) is 15.6 Å². The Morgan fingerprint density at radius 1 is 1.08 bits per heavy atom. The number of nitrogens with one attached hydrogen (secondary N) is 2. The quantitative estimate of drug-likeness (QED) is 0.746. The maximum atomic E-state index is 12.1. The van der Waals surface area contributed by atoms with E-state index in [-0.39, 0.29) is 24.8 Å². The van der Waals surface area contributed by atoms with Crippen LogP contribution < -0.4 is 10.6 Å². The highest BCUT2D eigenvalue weighted by molar-refractivity contribution is 6.44. The maximum absolute atomic E-state index is 12.1. The Hall–Kier alpha value is -3.42. The number of amides is 3. The summed E-state index contributed by atoms with van der Waals surface area (Å²) in [6.45, 7) is 2.24. The number of aryl methyl sites for hydroxylation is 1. The van der Waals surface area contributed by atoms with E-state index in [1.54, 1.807) is 36.4 Å². The van der Waals surface area contributed by atoms with Crippen LogP contribution in [0.5, 0.6) is 0 Å². The molecule has 3 amide bonds. The molecule has 0 fully saturated rings. The molecule has 1 aromatic rings. The van der Waals surface area contributed by atoms with Gasteiger partial charge in [0.15, 0.2) is 0 Å². The van der Waals surface area contributed by atoms with Gasteiger partial charge in [0, 0.05) is 25.0 Å². The molecule has 2 N–H and O–H groups in total. The van der Waals surface area contributed by atoms with Crippen molar-refractivity contribution in [1.29, 1.82) is 0 Å². The standard InChI is InChI=1S/C18H17N5O3/c1-11-6-7-12(10-21-11)16(24)19-8-9-20-18(26)15-22-14-5-3-2-4-13(14)17(25)23-15/h2-7,10,13H,8-9H2,1H3,(H,19,24)(H,20,26). The van der Waals surface area contributed by atoms with Gasteiger partial charge < -0.3 is 10.6 Å². The first kappa shape index (κ1) is 17.4. The van der Waals surface area contributed by atoms with Gasteiger partial charge in [-0.2, -0.15) is 4.99 Å². The highest BCUT2D eigenvalue weighted by Crippen LogP contribution is 2.16. The van der Waals surface area contributed by atoms with E-state index >= 15 is 0 Å². The number of allylic oxidation sites excluding steroid dienone is 3. The van der Waals surface area contributed by atoms with Crippen LogP contribution in [-0.4, -0.2) is 47.3 Å². The molecule has 1 aliphatic heterocycles. The number of carbonyl (C=O) groups excluding carboxylic acids is 3. The number of fused-ring (bicyclic) bond motifs is 1. The number of aromatic nitrogens is 1. The molecule has 1 unspecified atom stereocenters. The summed E-state index contributed by atoms with van der Waals surface area (Å²) in [4.78, 5) is 47.9. The van der Waals surface area contributed by atoms with E-state index in [4.69, 9.17) is 0 Å². The van der Waals surface area contributed by atoms with Crippen LogP contribution in [-0.2, 0) is 9.59 Å². The van der Waals surface area contributed by atoms with E-state index in [9.17, 15) is 14.4 Å². The van der Waals surface area contributed by atoms with Crippen LogP contribution >= 0.6 is 0 Å². The van der Waals surface area contributed by atoms with E-state index in [0.29, 0.717) is 11.3 Å². The second-order valence-electron chi connectivity index (χ2n) is 5.73. The van der Waals surface area contributed by atoms with Crippen molar-refractivity contribution >= 4 is 29.3 Å². The van der Waals surface area contributed by atoms with E-state index in [2.05, 4.69) is 25.6 Å². The summed E-state index contributed by atoms with van der Waals surface area (Å²) in [6, 6.07) is 3.42. The number of pyridine rings is 1. The van der Waals surface area contributed by atoms with Crippen molar-refractivity contribution < 1.29 is 14.4 Å². The topological polar surface area (TPSA) is 113 Å². The fourth-order valence-electron chi connectivity index (χ4n) is 2.41. The minimum Gasteiger partial charge on any atom is -0.350 e. The number of aliphatic imine (C=N–C) groups is 2. The van der Waals surface area contributed by atoms with Crippen LogP contribution in [0, 0.1) is 12.8 Å². The summed E-state index contributed by atoms with van der Waals surface area (Å²) in [5, 5.41) is 5.26. The average Bonchev–Trinajstić information content (AvgIpc) is 2.65. The third-order valence-corrected chi connectivity index (χ3v) is 3.79. The van der Waals surface area contributed by atoms with Gasteiger partial charge in [-0.25, -0.2) is 4.99 Å². The highest BCUT2D eigenvalue weighted by Gasteiger charge is 2.28. The van der Waals surface area contributed by atoms with E-state index in [0.717, 1.165) is 5.69 Å². The molecule has 26 heavy (non-hydrogen) atoms. The Bertz CT molecular complexity index is 865. The van der Waals surface area contributed by atoms with Crippen LogP contribution in [0.4, 0.5) is 0 Å². The third kappa shape index (κ3) is 3.97. The zero-order valence-electron chi connectivity index (χ0n) is 14.1. The number of rotatable bonds is 5. The minimum absolute atomic E-state index is 0.171. The van der Waals surface area contributed by atoms with Gasteiger partial charge in [0.05, 0.1) is 11.3 Å². The molecule has 1 atom stereocenters. The second kappa shape index (κ2) is 7.64. The van der Waals surface area contributed by atoms with E-state index in [1.807, 2.05) is 6.92 Å². The maximum Gasteiger partial charge on any atom is 0.289 e. The highest BCUT2D eigenvalue weighted by atomic mass is 16.2. The fraction of sp³-hybridized carbons (Fsp3) is 0.222. The van der Waals surface area contributed by atoms with Crippen molar-refractivity contribution in [2.75, 3.05) is 13.1 Å². The van der Waals surface area contributed by atoms with Gasteiger partial charge in [-0.05, 0) is 25.1 Å². The Balaban J connectivity index is 1.49. The Morgan fingerprint density at radius 3 is 2.58 bits per heavy atom. The molecule has 0 bridgehead atoms. The molecule has 0 radical (unpaired) electrons. The fourth-order valence-corrected chi connectivity index (χ4v) is 2.41. The van der Waals surface area contributed by atoms with Crippen molar-refractivity contribution in [3.63, 3.8) is 0 Å². The third-order valence-electron chi connectivity index (χ3n) is 3.79. The Labute approximate surface area is 149 Å². The van der Waals surface area contributed by atoms with Gasteiger partial charge in [-0.3, -0.25) is 19.4 Å². The molecule has 2 aliphatic rings. The molecule has 2 heterocycles. The molecule has 132 valence electrons. The van der Waals surface area contributed by atoms with Crippen LogP contribution in [0.3, 0.4) is 0 Å². The van der Waals surface area contributed by atoms with Crippen LogP contribution in [0.25, 0.3) is 0 Å².